The average Bonchev–Trinajstić information content (AvgIpc) is 2.59. The first-order valence-corrected chi connectivity index (χ1v) is 7.30. The van der Waals surface area contributed by atoms with Gasteiger partial charge in [-0.3, -0.25) is 0 Å². The lowest BCUT2D eigenvalue weighted by molar-refractivity contribution is 0.168. The quantitative estimate of drug-likeness (QED) is 0.661. The molecule has 0 aromatic rings. The number of likely N-dealkylation sites (N-methyl/N-ethyl adjacent to an activating group) is 2. The molecule has 2 N–H and O–H groups in total. The molecule has 0 aromatic heterocycles. The Labute approximate surface area is 112 Å². The van der Waals surface area contributed by atoms with Gasteiger partial charge in [-0.05, 0) is 59.9 Å². The second-order valence-electron chi connectivity index (χ2n) is 5.92. The van der Waals surface area contributed by atoms with Crippen molar-refractivity contribution in [3.63, 3.8) is 0 Å². The molecule has 1 atom stereocenters. The standard InChI is InChI=1S/C14H31N3O/c1-14(13-18,15-2)7-4-5-9-17-10-6-8-16(3)11-12-17/h15,18H,4-13H2,1-3H3. The minimum Gasteiger partial charge on any atom is -0.394 e. The molecule has 1 heterocycles. The van der Waals surface area contributed by atoms with E-state index in [1.54, 1.807) is 0 Å². The van der Waals surface area contributed by atoms with Crippen LogP contribution in [0, 0.1) is 0 Å². The van der Waals surface area contributed by atoms with Crippen molar-refractivity contribution in [3.8, 4) is 0 Å². The van der Waals surface area contributed by atoms with E-state index in [0.717, 1.165) is 6.42 Å². The molecule has 1 aliphatic rings. The topological polar surface area (TPSA) is 38.7 Å². The van der Waals surface area contributed by atoms with Crippen LogP contribution in [0.2, 0.25) is 0 Å². The highest BCUT2D eigenvalue weighted by Gasteiger charge is 2.20. The van der Waals surface area contributed by atoms with Crippen LogP contribution in [0.3, 0.4) is 0 Å². The summed E-state index contributed by atoms with van der Waals surface area (Å²) in [7, 11) is 4.14. The van der Waals surface area contributed by atoms with Crippen LogP contribution in [0.1, 0.15) is 32.6 Å². The predicted molar refractivity (Wildman–Crippen MR) is 77.0 cm³/mol. The molecule has 1 rings (SSSR count). The number of unbranched alkanes of at least 4 members (excludes halogenated alkanes) is 1. The smallest absolute Gasteiger partial charge is 0.0610 e. The van der Waals surface area contributed by atoms with Gasteiger partial charge in [0.05, 0.1) is 6.61 Å². The van der Waals surface area contributed by atoms with Crippen LogP contribution in [0.25, 0.3) is 0 Å². The van der Waals surface area contributed by atoms with E-state index in [4.69, 9.17) is 0 Å². The highest BCUT2D eigenvalue weighted by molar-refractivity contribution is 4.80. The fourth-order valence-corrected chi connectivity index (χ4v) is 2.46. The average molecular weight is 257 g/mol. The number of aliphatic hydroxyl groups excluding tert-OH is 1. The molecule has 0 aliphatic carbocycles. The number of rotatable bonds is 7. The van der Waals surface area contributed by atoms with E-state index in [1.165, 1.54) is 52.0 Å². The van der Waals surface area contributed by atoms with E-state index in [9.17, 15) is 5.11 Å². The van der Waals surface area contributed by atoms with Crippen LogP contribution in [0.5, 0.6) is 0 Å². The Bertz CT molecular complexity index is 219. The first-order valence-electron chi connectivity index (χ1n) is 7.30. The van der Waals surface area contributed by atoms with Crippen molar-refractivity contribution in [1.82, 2.24) is 15.1 Å². The van der Waals surface area contributed by atoms with Crippen molar-refractivity contribution < 1.29 is 5.11 Å². The van der Waals surface area contributed by atoms with E-state index in [0.29, 0.717) is 0 Å². The van der Waals surface area contributed by atoms with Gasteiger partial charge >= 0.3 is 0 Å². The van der Waals surface area contributed by atoms with E-state index in [2.05, 4.69) is 29.1 Å². The Balaban J connectivity index is 2.13. The molecule has 1 fully saturated rings. The fraction of sp³-hybridized carbons (Fsp3) is 1.00. The van der Waals surface area contributed by atoms with Crippen molar-refractivity contribution in [2.24, 2.45) is 0 Å². The van der Waals surface area contributed by atoms with E-state index in [-0.39, 0.29) is 12.1 Å². The van der Waals surface area contributed by atoms with Gasteiger partial charge in [-0.1, -0.05) is 6.42 Å². The largest absolute Gasteiger partial charge is 0.394 e. The minimum atomic E-state index is -0.0982. The van der Waals surface area contributed by atoms with Crippen molar-refractivity contribution in [2.45, 2.75) is 38.1 Å². The first kappa shape index (κ1) is 15.9. The molecule has 0 radical (unpaired) electrons. The third-order valence-electron chi connectivity index (χ3n) is 4.22. The van der Waals surface area contributed by atoms with Gasteiger partial charge in [-0.25, -0.2) is 0 Å². The normalized spacial score (nSPS) is 22.7. The highest BCUT2D eigenvalue weighted by Crippen LogP contribution is 2.13. The zero-order valence-corrected chi connectivity index (χ0v) is 12.4. The summed E-state index contributed by atoms with van der Waals surface area (Å²) in [4.78, 5) is 5.00. The molecule has 0 amide bonds. The number of hydrogen-bond acceptors (Lipinski definition) is 4. The Morgan fingerprint density at radius 1 is 1.17 bits per heavy atom. The van der Waals surface area contributed by atoms with Gasteiger partial charge in [0.2, 0.25) is 0 Å². The molecular formula is C14H31N3O. The maximum absolute atomic E-state index is 9.32. The zero-order chi connectivity index (χ0) is 13.4. The number of aliphatic hydroxyl groups is 1. The summed E-state index contributed by atoms with van der Waals surface area (Å²) in [6, 6.07) is 0. The molecule has 0 aromatic carbocycles. The molecular weight excluding hydrogens is 226 g/mol. The second-order valence-corrected chi connectivity index (χ2v) is 5.92. The number of hydrogen-bond donors (Lipinski definition) is 2. The predicted octanol–water partition coefficient (Wildman–Crippen LogP) is 0.765. The third kappa shape index (κ3) is 5.65. The summed E-state index contributed by atoms with van der Waals surface area (Å²) in [5.74, 6) is 0. The van der Waals surface area contributed by atoms with E-state index < -0.39 is 0 Å². The maximum atomic E-state index is 9.32. The SMILES string of the molecule is CNC(C)(CO)CCCCN1CCCN(C)CC1. The van der Waals surface area contributed by atoms with Crippen LogP contribution >= 0.6 is 0 Å². The van der Waals surface area contributed by atoms with Gasteiger partial charge in [0, 0.05) is 18.6 Å². The van der Waals surface area contributed by atoms with Crippen LogP contribution in [-0.2, 0) is 0 Å². The van der Waals surface area contributed by atoms with Gasteiger partial charge in [0.15, 0.2) is 0 Å². The van der Waals surface area contributed by atoms with Gasteiger partial charge in [-0.15, -0.1) is 0 Å². The Morgan fingerprint density at radius 3 is 2.61 bits per heavy atom. The molecule has 18 heavy (non-hydrogen) atoms. The van der Waals surface area contributed by atoms with Gasteiger partial charge in [0.25, 0.3) is 0 Å². The van der Waals surface area contributed by atoms with Gasteiger partial charge in [0.1, 0.15) is 0 Å². The van der Waals surface area contributed by atoms with Crippen molar-refractivity contribution >= 4 is 0 Å². The van der Waals surface area contributed by atoms with E-state index >= 15 is 0 Å². The maximum Gasteiger partial charge on any atom is 0.0610 e. The molecule has 1 aliphatic heterocycles. The number of nitrogens with one attached hydrogen (secondary N) is 1. The van der Waals surface area contributed by atoms with Crippen LogP contribution in [-0.4, -0.2) is 73.9 Å². The highest BCUT2D eigenvalue weighted by atomic mass is 16.3. The lowest BCUT2D eigenvalue weighted by Crippen LogP contribution is -2.43. The van der Waals surface area contributed by atoms with Crippen molar-refractivity contribution in [3.05, 3.63) is 0 Å². The summed E-state index contributed by atoms with van der Waals surface area (Å²) in [5.41, 5.74) is -0.0982. The third-order valence-corrected chi connectivity index (χ3v) is 4.22. The molecule has 0 spiro atoms. The summed E-state index contributed by atoms with van der Waals surface area (Å²) in [6.45, 7) is 8.40. The van der Waals surface area contributed by atoms with Crippen molar-refractivity contribution in [2.75, 3.05) is 53.4 Å². The van der Waals surface area contributed by atoms with Gasteiger partial charge < -0.3 is 20.2 Å². The fourth-order valence-electron chi connectivity index (χ4n) is 2.46. The Morgan fingerprint density at radius 2 is 1.94 bits per heavy atom. The van der Waals surface area contributed by atoms with E-state index in [1.807, 2.05) is 7.05 Å². The molecule has 1 unspecified atom stereocenters. The van der Waals surface area contributed by atoms with Crippen LogP contribution < -0.4 is 5.32 Å². The molecule has 4 heteroatoms. The molecule has 0 saturated carbocycles. The minimum absolute atomic E-state index is 0.0982. The lowest BCUT2D eigenvalue weighted by Gasteiger charge is -2.27. The molecule has 4 nitrogen and oxygen atoms in total. The molecule has 108 valence electrons. The Hall–Kier alpha value is -0.160. The number of nitrogens with zero attached hydrogens (tertiary/aromatic N) is 2. The molecule has 1 saturated heterocycles. The Kier molecular flexibility index (Phi) is 7.15. The monoisotopic (exact) mass is 257 g/mol. The second kappa shape index (κ2) is 8.10. The summed E-state index contributed by atoms with van der Waals surface area (Å²) >= 11 is 0. The summed E-state index contributed by atoms with van der Waals surface area (Å²) < 4.78 is 0. The van der Waals surface area contributed by atoms with Crippen LogP contribution in [0.15, 0.2) is 0 Å². The van der Waals surface area contributed by atoms with Gasteiger partial charge in [-0.2, -0.15) is 0 Å². The summed E-state index contributed by atoms with van der Waals surface area (Å²) in [6.07, 6.45) is 4.76. The lowest BCUT2D eigenvalue weighted by atomic mass is 9.96. The van der Waals surface area contributed by atoms with Crippen molar-refractivity contribution in [1.29, 1.82) is 0 Å². The van der Waals surface area contributed by atoms with Crippen LogP contribution in [0.4, 0.5) is 0 Å². The molecule has 0 bridgehead atoms. The first-order chi connectivity index (χ1) is 8.59. The summed E-state index contributed by atoms with van der Waals surface area (Å²) in [5, 5.41) is 12.5. The zero-order valence-electron chi connectivity index (χ0n) is 12.4.